The van der Waals surface area contributed by atoms with Gasteiger partial charge in [0.2, 0.25) is 0 Å². The van der Waals surface area contributed by atoms with Crippen LogP contribution in [-0.2, 0) is 15.8 Å². The van der Waals surface area contributed by atoms with E-state index in [4.69, 9.17) is 11.6 Å². The number of thiophene rings is 1. The third-order valence-electron chi connectivity index (χ3n) is 5.17. The van der Waals surface area contributed by atoms with Crippen LogP contribution in [0, 0.1) is 6.92 Å². The maximum absolute atomic E-state index is 13.0. The first-order valence-electron chi connectivity index (χ1n) is 9.38. The van der Waals surface area contributed by atoms with Crippen LogP contribution < -0.4 is 4.90 Å². The van der Waals surface area contributed by atoms with Crippen molar-refractivity contribution >= 4 is 46.1 Å². The fourth-order valence-electron chi connectivity index (χ4n) is 3.61. The largest absolute Gasteiger partial charge is 0.507 e. The van der Waals surface area contributed by atoms with E-state index < -0.39 is 35.2 Å². The number of benzene rings is 2. The van der Waals surface area contributed by atoms with Crippen molar-refractivity contribution in [3.8, 4) is 0 Å². The van der Waals surface area contributed by atoms with Crippen LogP contribution in [0.1, 0.15) is 27.6 Å². The number of aliphatic hydroxyl groups excluding tert-OH is 1. The number of carbonyl (C=O) groups excluding carboxylic acids is 2. The number of alkyl halides is 3. The second-order valence-corrected chi connectivity index (χ2v) is 8.58. The van der Waals surface area contributed by atoms with Crippen molar-refractivity contribution in [3.63, 3.8) is 0 Å². The Morgan fingerprint density at radius 2 is 1.78 bits per heavy atom. The highest BCUT2D eigenvalue weighted by Gasteiger charge is 2.48. The van der Waals surface area contributed by atoms with Crippen LogP contribution in [-0.4, -0.2) is 16.8 Å². The zero-order valence-corrected chi connectivity index (χ0v) is 18.1. The Kier molecular flexibility index (Phi) is 5.60. The number of ketones is 1. The predicted molar refractivity (Wildman–Crippen MR) is 117 cm³/mol. The van der Waals surface area contributed by atoms with Crippen LogP contribution in [0.5, 0.6) is 0 Å². The number of amides is 1. The van der Waals surface area contributed by atoms with E-state index in [1.807, 2.05) is 0 Å². The molecule has 2 aromatic carbocycles. The molecule has 1 unspecified atom stereocenters. The predicted octanol–water partition coefficient (Wildman–Crippen LogP) is 6.36. The van der Waals surface area contributed by atoms with E-state index in [9.17, 15) is 27.9 Å². The second kappa shape index (κ2) is 8.11. The van der Waals surface area contributed by atoms with Gasteiger partial charge in [0.15, 0.2) is 0 Å². The highest BCUT2D eigenvalue weighted by atomic mass is 35.5. The van der Waals surface area contributed by atoms with Crippen molar-refractivity contribution in [2.75, 3.05) is 4.90 Å². The molecule has 0 bridgehead atoms. The van der Waals surface area contributed by atoms with E-state index in [0.29, 0.717) is 9.90 Å². The van der Waals surface area contributed by atoms with Gasteiger partial charge in [0.25, 0.3) is 11.7 Å². The lowest BCUT2D eigenvalue weighted by Gasteiger charge is -2.25. The van der Waals surface area contributed by atoms with E-state index in [1.165, 1.54) is 17.4 Å². The molecular formula is C23H15ClF3NO3S. The first-order valence-corrected chi connectivity index (χ1v) is 10.6. The number of rotatable bonds is 3. The van der Waals surface area contributed by atoms with Gasteiger partial charge in [-0.05, 0) is 60.3 Å². The summed E-state index contributed by atoms with van der Waals surface area (Å²) >= 11 is 7.29. The number of aryl methyl sites for hydroxylation is 1. The average Bonchev–Trinajstić information content (AvgIpc) is 3.27. The summed E-state index contributed by atoms with van der Waals surface area (Å²) in [4.78, 5) is 27.8. The summed E-state index contributed by atoms with van der Waals surface area (Å²) in [5, 5.41) is 13.1. The lowest BCUT2D eigenvalue weighted by molar-refractivity contribution is -0.137. The first kappa shape index (κ1) is 22.1. The molecular weight excluding hydrogens is 463 g/mol. The molecule has 2 heterocycles. The SMILES string of the molecule is Cc1ccsc1C1/C(=C(/O)c2cccc(Cl)c2)C(=O)C(=O)N1c1ccc(C(F)(F)F)cc1. The maximum atomic E-state index is 13.0. The van der Waals surface area contributed by atoms with Crippen LogP contribution >= 0.6 is 22.9 Å². The van der Waals surface area contributed by atoms with Gasteiger partial charge in [-0.25, -0.2) is 0 Å². The smallest absolute Gasteiger partial charge is 0.416 e. The average molecular weight is 478 g/mol. The normalized spacial score (nSPS) is 18.4. The number of hydrogen-bond donors (Lipinski definition) is 1. The summed E-state index contributed by atoms with van der Waals surface area (Å²) in [6, 6.07) is 11.0. The molecule has 0 aliphatic carbocycles. The summed E-state index contributed by atoms with van der Waals surface area (Å²) in [6.07, 6.45) is -4.54. The maximum Gasteiger partial charge on any atom is 0.416 e. The molecule has 1 aliphatic heterocycles. The highest BCUT2D eigenvalue weighted by molar-refractivity contribution is 7.10. The first-order chi connectivity index (χ1) is 15.1. The molecule has 1 aliphatic rings. The van der Waals surface area contributed by atoms with Crippen LogP contribution in [0.15, 0.2) is 65.6 Å². The van der Waals surface area contributed by atoms with Crippen molar-refractivity contribution in [1.29, 1.82) is 0 Å². The lowest BCUT2D eigenvalue weighted by Crippen LogP contribution is -2.29. The molecule has 0 spiro atoms. The van der Waals surface area contributed by atoms with Crippen molar-refractivity contribution in [2.24, 2.45) is 0 Å². The van der Waals surface area contributed by atoms with E-state index in [0.717, 1.165) is 34.7 Å². The van der Waals surface area contributed by atoms with Gasteiger partial charge in [-0.3, -0.25) is 14.5 Å². The third kappa shape index (κ3) is 3.80. The molecule has 9 heteroatoms. The molecule has 32 heavy (non-hydrogen) atoms. The zero-order valence-electron chi connectivity index (χ0n) is 16.5. The second-order valence-electron chi connectivity index (χ2n) is 7.19. The summed E-state index contributed by atoms with van der Waals surface area (Å²) < 4.78 is 39.0. The van der Waals surface area contributed by atoms with Gasteiger partial charge in [-0.1, -0.05) is 23.7 Å². The summed E-state index contributed by atoms with van der Waals surface area (Å²) in [5.41, 5.74) is 0.115. The Morgan fingerprint density at radius 1 is 1.09 bits per heavy atom. The number of aliphatic hydroxyl groups is 1. The minimum absolute atomic E-state index is 0.114. The van der Waals surface area contributed by atoms with Gasteiger partial charge >= 0.3 is 6.18 Å². The zero-order chi connectivity index (χ0) is 23.2. The number of hydrogen-bond acceptors (Lipinski definition) is 4. The number of carbonyl (C=O) groups is 2. The van der Waals surface area contributed by atoms with Gasteiger partial charge in [-0.2, -0.15) is 13.2 Å². The monoisotopic (exact) mass is 477 g/mol. The van der Waals surface area contributed by atoms with Gasteiger partial charge in [0.05, 0.1) is 11.1 Å². The van der Waals surface area contributed by atoms with E-state index in [-0.39, 0.29) is 16.8 Å². The van der Waals surface area contributed by atoms with Crippen LogP contribution in [0.25, 0.3) is 5.76 Å². The highest BCUT2D eigenvalue weighted by Crippen LogP contribution is 2.45. The Bertz CT molecular complexity index is 1250. The molecule has 1 N–H and O–H groups in total. The number of anilines is 1. The minimum atomic E-state index is -4.54. The van der Waals surface area contributed by atoms with Crippen molar-refractivity contribution in [3.05, 3.63) is 92.1 Å². The Hall–Kier alpha value is -3.10. The van der Waals surface area contributed by atoms with Crippen molar-refractivity contribution < 1.29 is 27.9 Å². The standard InChI is InChI=1S/C23H15ClF3NO3S/c1-12-9-10-32-21(12)18-17(19(29)13-3-2-4-15(24)11-13)20(30)22(31)28(18)16-7-5-14(6-8-16)23(25,26)27/h2-11,18,29H,1H3/b19-17-. The minimum Gasteiger partial charge on any atom is -0.507 e. The molecule has 0 radical (unpaired) electrons. The molecule has 4 nitrogen and oxygen atoms in total. The Labute approximate surface area is 190 Å². The van der Waals surface area contributed by atoms with E-state index >= 15 is 0 Å². The van der Waals surface area contributed by atoms with Crippen LogP contribution in [0.3, 0.4) is 0 Å². The molecule has 3 aromatic rings. The summed E-state index contributed by atoms with van der Waals surface area (Å²) in [7, 11) is 0. The molecule has 0 saturated carbocycles. The molecule has 164 valence electrons. The molecule has 1 amide bonds. The number of halogens is 4. The quantitative estimate of drug-likeness (QED) is 0.271. The van der Waals surface area contributed by atoms with Gasteiger partial charge < -0.3 is 5.11 Å². The van der Waals surface area contributed by atoms with Crippen LogP contribution in [0.2, 0.25) is 5.02 Å². The molecule has 1 aromatic heterocycles. The summed E-state index contributed by atoms with van der Waals surface area (Å²) in [6.45, 7) is 1.79. The Morgan fingerprint density at radius 3 is 2.34 bits per heavy atom. The third-order valence-corrected chi connectivity index (χ3v) is 6.47. The lowest BCUT2D eigenvalue weighted by atomic mass is 9.98. The molecule has 4 rings (SSSR count). The molecule has 1 fully saturated rings. The molecule has 1 saturated heterocycles. The number of Topliss-reactive ketones (excluding diaryl/α,β-unsaturated/α-hetero) is 1. The summed E-state index contributed by atoms with van der Waals surface area (Å²) in [5.74, 6) is -2.27. The van der Waals surface area contributed by atoms with Crippen molar-refractivity contribution in [2.45, 2.75) is 19.1 Å². The number of nitrogens with zero attached hydrogens (tertiary/aromatic N) is 1. The molecule has 1 atom stereocenters. The topological polar surface area (TPSA) is 57.6 Å². The van der Waals surface area contributed by atoms with Gasteiger partial charge in [0, 0.05) is 21.2 Å². The van der Waals surface area contributed by atoms with Gasteiger partial charge in [0.1, 0.15) is 11.8 Å². The van der Waals surface area contributed by atoms with Crippen LogP contribution in [0.4, 0.5) is 18.9 Å². The fraction of sp³-hybridized carbons (Fsp3) is 0.130. The van der Waals surface area contributed by atoms with Crippen molar-refractivity contribution in [1.82, 2.24) is 0 Å². The van der Waals surface area contributed by atoms with Gasteiger partial charge in [-0.15, -0.1) is 11.3 Å². The Balaban J connectivity index is 1.91. The van der Waals surface area contributed by atoms with E-state index in [1.54, 1.807) is 36.6 Å². The fourth-order valence-corrected chi connectivity index (χ4v) is 4.83. The van der Waals surface area contributed by atoms with E-state index in [2.05, 4.69) is 0 Å².